The number of nitrogens with one attached hydrogen (secondary N) is 1. The van der Waals surface area contributed by atoms with Gasteiger partial charge in [-0.1, -0.05) is 0 Å². The van der Waals surface area contributed by atoms with E-state index in [4.69, 9.17) is 0 Å². The van der Waals surface area contributed by atoms with Crippen LogP contribution >= 0.6 is 0 Å². The van der Waals surface area contributed by atoms with Crippen molar-refractivity contribution in [3.8, 4) is 11.3 Å². The third-order valence-electron chi connectivity index (χ3n) is 3.12. The number of hydrogen-bond donors (Lipinski definition) is 1. The minimum atomic E-state index is 1.06. The van der Waals surface area contributed by atoms with Gasteiger partial charge in [-0.2, -0.15) is 0 Å². The molecule has 3 heteroatoms. The molecule has 0 fully saturated rings. The number of pyridine rings is 1. The van der Waals surface area contributed by atoms with Crippen molar-refractivity contribution in [1.82, 2.24) is 14.5 Å². The van der Waals surface area contributed by atoms with Crippen molar-refractivity contribution in [1.29, 1.82) is 0 Å². The fraction of sp³-hybridized carbons (Fsp3) is 0.154. The molecule has 0 saturated carbocycles. The molecule has 0 aromatic carbocycles. The van der Waals surface area contributed by atoms with Crippen LogP contribution in [0.3, 0.4) is 0 Å². The third-order valence-corrected chi connectivity index (χ3v) is 3.12. The lowest BCUT2D eigenvalue weighted by Gasteiger charge is -1.99. The predicted octanol–water partition coefficient (Wildman–Crippen LogP) is 2.88. The number of aromatic amines is 1. The molecule has 16 heavy (non-hydrogen) atoms. The molecule has 1 N–H and O–H groups in total. The highest BCUT2D eigenvalue weighted by Crippen LogP contribution is 2.31. The van der Waals surface area contributed by atoms with E-state index < -0.39 is 0 Å². The lowest BCUT2D eigenvalue weighted by atomic mass is 10.1. The summed E-state index contributed by atoms with van der Waals surface area (Å²) in [6.07, 6.45) is 3.78. The van der Waals surface area contributed by atoms with E-state index in [0.29, 0.717) is 0 Å². The van der Waals surface area contributed by atoms with E-state index in [-0.39, 0.29) is 0 Å². The number of aryl methyl sites for hydroxylation is 1. The van der Waals surface area contributed by atoms with Gasteiger partial charge in [0.15, 0.2) is 0 Å². The molecule has 0 spiro atoms. The summed E-state index contributed by atoms with van der Waals surface area (Å²) in [6, 6.07) is 8.16. The zero-order valence-corrected chi connectivity index (χ0v) is 9.36. The van der Waals surface area contributed by atoms with Gasteiger partial charge in [0.2, 0.25) is 0 Å². The van der Waals surface area contributed by atoms with Crippen molar-refractivity contribution in [2.75, 3.05) is 0 Å². The van der Waals surface area contributed by atoms with Crippen LogP contribution in [-0.4, -0.2) is 14.5 Å². The van der Waals surface area contributed by atoms with Crippen molar-refractivity contribution in [2.45, 2.75) is 6.92 Å². The summed E-state index contributed by atoms with van der Waals surface area (Å²) >= 11 is 0. The molecule has 0 bridgehead atoms. The standard InChI is InChI=1S/C13H13N3/c1-9-12(10-5-3-7-14-10)13-11(16(9)2)6-4-8-15-13/h3-8,14H,1-2H3. The maximum Gasteiger partial charge on any atom is 0.0976 e. The number of H-pyrrole nitrogens is 1. The number of rotatable bonds is 1. The van der Waals surface area contributed by atoms with Crippen LogP contribution in [0.25, 0.3) is 22.3 Å². The zero-order chi connectivity index (χ0) is 11.1. The van der Waals surface area contributed by atoms with Crippen molar-refractivity contribution >= 4 is 11.0 Å². The summed E-state index contributed by atoms with van der Waals surface area (Å²) < 4.78 is 2.18. The average molecular weight is 211 g/mol. The van der Waals surface area contributed by atoms with Crippen molar-refractivity contribution < 1.29 is 0 Å². The summed E-state index contributed by atoms with van der Waals surface area (Å²) in [5.41, 5.74) is 5.79. The van der Waals surface area contributed by atoms with Crippen LogP contribution < -0.4 is 0 Å². The van der Waals surface area contributed by atoms with Crippen LogP contribution in [0.2, 0.25) is 0 Å². The molecule has 3 nitrogen and oxygen atoms in total. The highest BCUT2D eigenvalue weighted by atomic mass is 15.0. The Morgan fingerprint density at radius 3 is 2.88 bits per heavy atom. The first-order valence-electron chi connectivity index (χ1n) is 5.33. The summed E-state index contributed by atoms with van der Waals surface area (Å²) in [6.45, 7) is 2.12. The van der Waals surface area contributed by atoms with Crippen LogP contribution in [0.15, 0.2) is 36.7 Å². The molecule has 0 unspecified atom stereocenters. The number of hydrogen-bond acceptors (Lipinski definition) is 1. The van der Waals surface area contributed by atoms with E-state index in [9.17, 15) is 0 Å². The molecular formula is C13H13N3. The topological polar surface area (TPSA) is 33.6 Å². The Bertz CT molecular complexity index is 633. The van der Waals surface area contributed by atoms with E-state index >= 15 is 0 Å². The second-order valence-electron chi connectivity index (χ2n) is 3.97. The summed E-state index contributed by atoms with van der Waals surface area (Å²) in [5, 5.41) is 0. The van der Waals surface area contributed by atoms with Crippen molar-refractivity contribution in [3.05, 3.63) is 42.4 Å². The summed E-state index contributed by atoms with van der Waals surface area (Å²) in [5.74, 6) is 0. The monoisotopic (exact) mass is 211 g/mol. The molecule has 0 aliphatic heterocycles. The molecule has 80 valence electrons. The third kappa shape index (κ3) is 1.11. The zero-order valence-electron chi connectivity index (χ0n) is 9.36. The molecule has 3 aromatic heterocycles. The van der Waals surface area contributed by atoms with Crippen molar-refractivity contribution in [2.24, 2.45) is 7.05 Å². The SMILES string of the molecule is Cc1c(-c2ccc[nH]2)c2ncccc2n1C. The molecule has 0 radical (unpaired) electrons. The lowest BCUT2D eigenvalue weighted by molar-refractivity contribution is 0.918. The Kier molecular flexibility index (Phi) is 1.86. The molecule has 0 atom stereocenters. The van der Waals surface area contributed by atoms with Crippen LogP contribution in [0.5, 0.6) is 0 Å². The van der Waals surface area contributed by atoms with Crippen LogP contribution in [0.4, 0.5) is 0 Å². The summed E-state index contributed by atoms with van der Waals surface area (Å²) in [4.78, 5) is 7.72. The van der Waals surface area contributed by atoms with Gasteiger partial charge in [-0.15, -0.1) is 0 Å². The Morgan fingerprint density at radius 1 is 1.25 bits per heavy atom. The quantitative estimate of drug-likeness (QED) is 0.659. The predicted molar refractivity (Wildman–Crippen MR) is 65.2 cm³/mol. The number of nitrogens with zero attached hydrogens (tertiary/aromatic N) is 2. The van der Waals surface area contributed by atoms with Gasteiger partial charge in [-0.3, -0.25) is 4.98 Å². The second-order valence-corrected chi connectivity index (χ2v) is 3.97. The van der Waals surface area contributed by atoms with E-state index in [0.717, 1.165) is 11.2 Å². The Hall–Kier alpha value is -2.03. The largest absolute Gasteiger partial charge is 0.361 e. The van der Waals surface area contributed by atoms with Gasteiger partial charge in [0.1, 0.15) is 0 Å². The van der Waals surface area contributed by atoms with Crippen LogP contribution in [0.1, 0.15) is 5.69 Å². The maximum atomic E-state index is 4.48. The molecule has 0 aliphatic carbocycles. The number of aromatic nitrogens is 3. The highest BCUT2D eigenvalue weighted by molar-refractivity contribution is 5.93. The summed E-state index contributed by atoms with van der Waals surface area (Å²) in [7, 11) is 2.08. The Morgan fingerprint density at radius 2 is 2.12 bits per heavy atom. The lowest BCUT2D eigenvalue weighted by Crippen LogP contribution is -1.90. The van der Waals surface area contributed by atoms with Crippen LogP contribution in [0, 0.1) is 6.92 Å². The molecule has 3 rings (SSSR count). The second kappa shape index (κ2) is 3.23. The van der Waals surface area contributed by atoms with Gasteiger partial charge in [-0.25, -0.2) is 0 Å². The normalized spacial score (nSPS) is 11.1. The van der Waals surface area contributed by atoms with Gasteiger partial charge >= 0.3 is 0 Å². The van der Waals surface area contributed by atoms with Gasteiger partial charge < -0.3 is 9.55 Å². The molecular weight excluding hydrogens is 198 g/mol. The molecule has 0 aliphatic rings. The van der Waals surface area contributed by atoms with E-state index in [1.54, 1.807) is 0 Å². The molecule has 0 saturated heterocycles. The average Bonchev–Trinajstić information content (AvgIpc) is 2.89. The first kappa shape index (κ1) is 9.21. The minimum Gasteiger partial charge on any atom is -0.361 e. The van der Waals surface area contributed by atoms with Crippen LogP contribution in [-0.2, 0) is 7.05 Å². The smallest absolute Gasteiger partial charge is 0.0976 e. The van der Waals surface area contributed by atoms with E-state index in [2.05, 4.69) is 40.6 Å². The Labute approximate surface area is 93.7 Å². The number of fused-ring (bicyclic) bond motifs is 1. The Balaban J connectivity index is 2.44. The van der Waals surface area contributed by atoms with Gasteiger partial charge in [-0.05, 0) is 31.2 Å². The van der Waals surface area contributed by atoms with Gasteiger partial charge in [0.25, 0.3) is 0 Å². The highest BCUT2D eigenvalue weighted by Gasteiger charge is 2.14. The minimum absolute atomic E-state index is 1.06. The fourth-order valence-corrected chi connectivity index (χ4v) is 2.19. The van der Waals surface area contributed by atoms with Gasteiger partial charge in [0.05, 0.1) is 11.0 Å². The molecule has 0 amide bonds. The molecule has 3 heterocycles. The maximum absolute atomic E-state index is 4.48. The van der Waals surface area contributed by atoms with Crippen molar-refractivity contribution in [3.63, 3.8) is 0 Å². The van der Waals surface area contributed by atoms with E-state index in [1.807, 2.05) is 24.5 Å². The first-order valence-corrected chi connectivity index (χ1v) is 5.33. The fourth-order valence-electron chi connectivity index (χ4n) is 2.19. The molecule has 3 aromatic rings. The first-order chi connectivity index (χ1) is 7.79. The van der Waals surface area contributed by atoms with Gasteiger partial charge in [0, 0.05) is 36.4 Å². The van der Waals surface area contributed by atoms with E-state index in [1.165, 1.54) is 16.8 Å².